The molecule has 0 aliphatic rings. The number of hydrogen-bond donors (Lipinski definition) is 4. The second-order valence-electron chi connectivity index (χ2n) is 3.80. The van der Waals surface area contributed by atoms with Gasteiger partial charge in [-0.05, 0) is 0 Å². The summed E-state index contributed by atoms with van der Waals surface area (Å²) in [7, 11) is 1.66. The molecule has 0 saturated heterocycles. The van der Waals surface area contributed by atoms with Crippen LogP contribution in [0.2, 0.25) is 0 Å². The standard InChI is InChI=1S/C10H14N8O2/c1-12-8-15-9(14-4-6(19)7(11)20)17-10(16-8)18-3-2-13-5-18/h2-3,5-6,19H,4H2,1H3,(H2,11,20)(H2,12,14,15,16,17). The number of hydrogen-bond acceptors (Lipinski definition) is 8. The van der Waals surface area contributed by atoms with Crippen LogP contribution in [0.25, 0.3) is 5.95 Å². The third kappa shape index (κ3) is 3.17. The number of aromatic nitrogens is 5. The van der Waals surface area contributed by atoms with Crippen LogP contribution in [0, 0.1) is 0 Å². The highest BCUT2D eigenvalue weighted by Gasteiger charge is 2.12. The lowest BCUT2D eigenvalue weighted by atomic mass is 10.3. The van der Waals surface area contributed by atoms with Gasteiger partial charge >= 0.3 is 0 Å². The second-order valence-corrected chi connectivity index (χ2v) is 3.80. The molecule has 0 aliphatic heterocycles. The predicted octanol–water partition coefficient (Wildman–Crippen LogP) is -1.64. The molecule has 2 aromatic rings. The maximum Gasteiger partial charge on any atom is 0.248 e. The molecule has 2 rings (SSSR count). The van der Waals surface area contributed by atoms with Crippen LogP contribution in [-0.4, -0.2) is 55.2 Å². The van der Waals surface area contributed by atoms with Crippen LogP contribution in [0.4, 0.5) is 11.9 Å². The summed E-state index contributed by atoms with van der Waals surface area (Å²) in [6.45, 7) is -0.0914. The lowest BCUT2D eigenvalue weighted by molar-refractivity contribution is -0.125. The van der Waals surface area contributed by atoms with Crippen LogP contribution in [0.5, 0.6) is 0 Å². The minimum Gasteiger partial charge on any atom is -0.381 e. The summed E-state index contributed by atoms with van der Waals surface area (Å²) in [5, 5.41) is 14.8. The zero-order valence-corrected chi connectivity index (χ0v) is 10.7. The number of carbonyl (C=O) groups is 1. The van der Waals surface area contributed by atoms with Crippen molar-refractivity contribution in [1.82, 2.24) is 24.5 Å². The molecule has 0 bridgehead atoms. The Bertz CT molecular complexity index is 585. The van der Waals surface area contributed by atoms with Crippen molar-refractivity contribution < 1.29 is 9.90 Å². The Morgan fingerprint density at radius 3 is 2.80 bits per heavy atom. The summed E-state index contributed by atoms with van der Waals surface area (Å²) in [5.74, 6) is 0.0567. The van der Waals surface area contributed by atoms with E-state index in [2.05, 4.69) is 30.6 Å². The van der Waals surface area contributed by atoms with Gasteiger partial charge in [-0.25, -0.2) is 4.98 Å². The maximum atomic E-state index is 10.8. The van der Waals surface area contributed by atoms with Crippen LogP contribution >= 0.6 is 0 Å². The first-order chi connectivity index (χ1) is 9.60. The average molecular weight is 278 g/mol. The number of nitrogens with one attached hydrogen (secondary N) is 2. The normalized spacial score (nSPS) is 11.9. The first-order valence-corrected chi connectivity index (χ1v) is 5.73. The molecule has 20 heavy (non-hydrogen) atoms. The van der Waals surface area contributed by atoms with E-state index in [0.717, 1.165) is 0 Å². The van der Waals surface area contributed by atoms with Crippen molar-refractivity contribution in [3.05, 3.63) is 18.7 Å². The molecule has 0 aliphatic carbocycles. The molecule has 2 heterocycles. The number of aliphatic hydroxyl groups excluding tert-OH is 1. The molecule has 2 aromatic heterocycles. The maximum absolute atomic E-state index is 10.8. The van der Waals surface area contributed by atoms with E-state index in [0.29, 0.717) is 11.9 Å². The van der Waals surface area contributed by atoms with E-state index in [9.17, 15) is 9.90 Å². The van der Waals surface area contributed by atoms with E-state index in [1.54, 1.807) is 24.0 Å². The zero-order chi connectivity index (χ0) is 14.5. The van der Waals surface area contributed by atoms with E-state index in [-0.39, 0.29) is 12.5 Å². The SMILES string of the molecule is CNc1nc(NCC(O)C(N)=O)nc(-n2ccnc2)n1. The molecule has 5 N–H and O–H groups in total. The van der Waals surface area contributed by atoms with Gasteiger partial charge in [-0.15, -0.1) is 0 Å². The van der Waals surface area contributed by atoms with Gasteiger partial charge in [-0.2, -0.15) is 15.0 Å². The van der Waals surface area contributed by atoms with Crippen molar-refractivity contribution in [3.8, 4) is 5.95 Å². The number of imidazole rings is 1. The Kier molecular flexibility index (Phi) is 4.05. The number of primary amides is 1. The summed E-state index contributed by atoms with van der Waals surface area (Å²) >= 11 is 0. The number of carbonyl (C=O) groups excluding carboxylic acids is 1. The largest absolute Gasteiger partial charge is 0.381 e. The van der Waals surface area contributed by atoms with Gasteiger partial charge in [-0.1, -0.05) is 0 Å². The molecule has 106 valence electrons. The number of anilines is 2. The number of rotatable bonds is 6. The summed E-state index contributed by atoms with van der Waals surface area (Å²) in [6.07, 6.45) is 3.49. The van der Waals surface area contributed by atoms with Crippen molar-refractivity contribution in [2.45, 2.75) is 6.10 Å². The van der Waals surface area contributed by atoms with Crippen molar-refractivity contribution in [1.29, 1.82) is 0 Å². The van der Waals surface area contributed by atoms with E-state index >= 15 is 0 Å². The lowest BCUT2D eigenvalue weighted by Crippen LogP contribution is -2.34. The molecular formula is C10H14N8O2. The fourth-order valence-corrected chi connectivity index (χ4v) is 1.34. The lowest BCUT2D eigenvalue weighted by Gasteiger charge is -2.10. The van der Waals surface area contributed by atoms with Gasteiger partial charge in [0.2, 0.25) is 23.8 Å². The van der Waals surface area contributed by atoms with Crippen LogP contribution in [0.1, 0.15) is 0 Å². The van der Waals surface area contributed by atoms with Crippen molar-refractivity contribution in [3.63, 3.8) is 0 Å². The van der Waals surface area contributed by atoms with Gasteiger partial charge in [0, 0.05) is 19.4 Å². The highest BCUT2D eigenvalue weighted by molar-refractivity contribution is 5.79. The summed E-state index contributed by atoms with van der Waals surface area (Å²) in [5.41, 5.74) is 4.96. The Morgan fingerprint density at radius 1 is 1.45 bits per heavy atom. The monoisotopic (exact) mass is 278 g/mol. The van der Waals surface area contributed by atoms with Gasteiger partial charge in [0.1, 0.15) is 12.4 Å². The first-order valence-electron chi connectivity index (χ1n) is 5.73. The highest BCUT2D eigenvalue weighted by Crippen LogP contribution is 2.08. The number of nitrogens with zero attached hydrogens (tertiary/aromatic N) is 5. The van der Waals surface area contributed by atoms with Crippen LogP contribution < -0.4 is 16.4 Å². The molecule has 0 saturated carbocycles. The summed E-state index contributed by atoms with van der Waals surface area (Å²) in [6, 6.07) is 0. The topological polar surface area (TPSA) is 144 Å². The van der Waals surface area contributed by atoms with Crippen LogP contribution in [0.3, 0.4) is 0 Å². The minimum atomic E-state index is -1.32. The molecule has 0 spiro atoms. The van der Waals surface area contributed by atoms with Gasteiger partial charge in [0.15, 0.2) is 0 Å². The van der Waals surface area contributed by atoms with Crippen LogP contribution in [-0.2, 0) is 4.79 Å². The van der Waals surface area contributed by atoms with E-state index in [1.807, 2.05) is 0 Å². The van der Waals surface area contributed by atoms with Crippen LogP contribution in [0.15, 0.2) is 18.7 Å². The third-order valence-corrected chi connectivity index (χ3v) is 2.36. The van der Waals surface area contributed by atoms with Crippen molar-refractivity contribution >= 4 is 17.8 Å². The molecule has 1 unspecified atom stereocenters. The van der Waals surface area contributed by atoms with Gasteiger partial charge in [0.25, 0.3) is 0 Å². The van der Waals surface area contributed by atoms with Gasteiger partial charge in [0.05, 0.1) is 6.54 Å². The molecular weight excluding hydrogens is 264 g/mol. The van der Waals surface area contributed by atoms with E-state index < -0.39 is 12.0 Å². The van der Waals surface area contributed by atoms with Crippen molar-refractivity contribution in [2.24, 2.45) is 5.73 Å². The smallest absolute Gasteiger partial charge is 0.248 e. The Balaban J connectivity index is 2.20. The highest BCUT2D eigenvalue weighted by atomic mass is 16.3. The molecule has 1 amide bonds. The summed E-state index contributed by atoms with van der Waals surface area (Å²) in [4.78, 5) is 27.0. The first kappa shape index (κ1) is 13.7. The van der Waals surface area contributed by atoms with Gasteiger partial charge < -0.3 is 21.5 Å². The van der Waals surface area contributed by atoms with E-state index in [1.165, 1.54) is 6.33 Å². The second kappa shape index (κ2) is 5.93. The predicted molar refractivity (Wildman–Crippen MR) is 70.2 cm³/mol. The molecule has 1 atom stereocenters. The average Bonchev–Trinajstić information content (AvgIpc) is 2.98. The number of nitrogens with two attached hydrogens (primary N) is 1. The van der Waals surface area contributed by atoms with Crippen molar-refractivity contribution in [2.75, 3.05) is 24.2 Å². The quantitative estimate of drug-likeness (QED) is 0.492. The summed E-state index contributed by atoms with van der Waals surface area (Å²) < 4.78 is 1.60. The molecule has 10 heteroatoms. The Hall–Kier alpha value is -2.75. The molecule has 0 radical (unpaired) electrons. The number of amides is 1. The molecule has 0 aromatic carbocycles. The molecule has 0 fully saturated rings. The Labute approximate surface area is 114 Å². The fraction of sp³-hybridized carbons (Fsp3) is 0.300. The minimum absolute atomic E-state index is 0.0914. The number of aliphatic hydroxyl groups is 1. The van der Waals surface area contributed by atoms with E-state index in [4.69, 9.17) is 5.73 Å². The third-order valence-electron chi connectivity index (χ3n) is 2.36. The molecule has 10 nitrogen and oxygen atoms in total. The fourth-order valence-electron chi connectivity index (χ4n) is 1.34. The Morgan fingerprint density at radius 2 is 2.20 bits per heavy atom. The zero-order valence-electron chi connectivity index (χ0n) is 10.7. The van der Waals surface area contributed by atoms with Gasteiger partial charge in [-0.3, -0.25) is 9.36 Å².